The van der Waals surface area contributed by atoms with E-state index >= 15 is 0 Å². The van der Waals surface area contributed by atoms with Crippen LogP contribution in [0.15, 0.2) is 60.8 Å². The Morgan fingerprint density at radius 1 is 0.947 bits per heavy atom. The van der Waals surface area contributed by atoms with Crippen LogP contribution in [0.2, 0.25) is 0 Å². The molecule has 1 aromatic heterocycles. The molecule has 0 radical (unpaired) electrons. The van der Waals surface area contributed by atoms with Crippen LogP contribution in [0.25, 0.3) is 0 Å². The minimum absolute atomic E-state index is 0.0682. The van der Waals surface area contributed by atoms with Crippen molar-refractivity contribution >= 4 is 17.6 Å². The monoisotopic (exact) mass is 512 g/mol. The Kier molecular flexibility index (Phi) is 6.62. The molecule has 196 valence electrons. The molecule has 6 rings (SSSR count). The minimum atomic E-state index is -0.133. The third-order valence-electron chi connectivity index (χ3n) is 7.84. The molecule has 3 aliphatic heterocycles. The molecule has 8 heteroatoms. The number of fused-ring (bicyclic) bond motifs is 3. The van der Waals surface area contributed by atoms with E-state index in [2.05, 4.69) is 20.5 Å². The summed E-state index contributed by atoms with van der Waals surface area (Å²) in [4.78, 5) is 32.8. The summed E-state index contributed by atoms with van der Waals surface area (Å²) >= 11 is 0. The zero-order valence-electron chi connectivity index (χ0n) is 21.5. The molecule has 3 aliphatic rings. The number of benzene rings is 2. The Bertz CT molecular complexity index is 1310. The largest absolute Gasteiger partial charge is 0.486 e. The molecular weight excluding hydrogens is 480 g/mol. The zero-order chi connectivity index (χ0) is 26.1. The van der Waals surface area contributed by atoms with Gasteiger partial charge in [0.05, 0.1) is 5.56 Å². The van der Waals surface area contributed by atoms with Crippen LogP contribution < -0.4 is 25.0 Å². The summed E-state index contributed by atoms with van der Waals surface area (Å²) in [5.41, 5.74) is 3.05. The molecule has 2 bridgehead atoms. The van der Waals surface area contributed by atoms with Crippen molar-refractivity contribution in [3.63, 3.8) is 0 Å². The fourth-order valence-corrected chi connectivity index (χ4v) is 5.99. The van der Waals surface area contributed by atoms with E-state index in [1.807, 2.05) is 61.5 Å². The lowest BCUT2D eigenvalue weighted by molar-refractivity contribution is 0.0922. The first-order valence-electron chi connectivity index (χ1n) is 13.3. The van der Waals surface area contributed by atoms with Crippen LogP contribution in [0.3, 0.4) is 0 Å². The van der Waals surface area contributed by atoms with Crippen molar-refractivity contribution in [3.8, 4) is 11.5 Å². The second-order valence-corrected chi connectivity index (χ2v) is 10.3. The fourth-order valence-electron chi connectivity index (χ4n) is 5.99. The number of piperidine rings is 1. The van der Waals surface area contributed by atoms with Gasteiger partial charge in [-0.05, 0) is 62.4 Å². The highest BCUT2D eigenvalue weighted by Crippen LogP contribution is 2.39. The Morgan fingerprint density at radius 3 is 2.45 bits per heavy atom. The molecule has 0 spiro atoms. The second kappa shape index (κ2) is 10.4. The number of anilines is 1. The van der Waals surface area contributed by atoms with Crippen molar-refractivity contribution in [2.75, 3.05) is 18.1 Å². The number of pyridine rings is 1. The van der Waals surface area contributed by atoms with Gasteiger partial charge in [0.1, 0.15) is 19.0 Å². The van der Waals surface area contributed by atoms with Crippen molar-refractivity contribution in [2.45, 2.75) is 57.3 Å². The van der Waals surface area contributed by atoms with Gasteiger partial charge in [0.25, 0.3) is 11.8 Å². The van der Waals surface area contributed by atoms with E-state index in [0.29, 0.717) is 54.5 Å². The normalized spacial score (nSPS) is 21.6. The predicted molar refractivity (Wildman–Crippen MR) is 144 cm³/mol. The van der Waals surface area contributed by atoms with E-state index in [1.54, 1.807) is 6.20 Å². The Morgan fingerprint density at radius 2 is 1.71 bits per heavy atom. The minimum Gasteiger partial charge on any atom is -0.486 e. The molecule has 0 aliphatic carbocycles. The third kappa shape index (κ3) is 4.78. The molecule has 2 amide bonds. The van der Waals surface area contributed by atoms with Gasteiger partial charge < -0.3 is 25.0 Å². The number of hydrogen-bond acceptors (Lipinski definition) is 6. The molecule has 0 unspecified atom stereocenters. The van der Waals surface area contributed by atoms with E-state index in [0.717, 1.165) is 42.6 Å². The maximum Gasteiger partial charge on any atom is 0.253 e. The van der Waals surface area contributed by atoms with Gasteiger partial charge in [-0.2, -0.15) is 0 Å². The third-order valence-corrected chi connectivity index (χ3v) is 7.84. The molecule has 2 saturated heterocycles. The van der Waals surface area contributed by atoms with Gasteiger partial charge in [-0.25, -0.2) is 4.98 Å². The number of rotatable bonds is 6. The molecule has 4 heterocycles. The van der Waals surface area contributed by atoms with Crippen molar-refractivity contribution in [1.29, 1.82) is 0 Å². The van der Waals surface area contributed by atoms with Gasteiger partial charge in [0.2, 0.25) is 0 Å². The number of carbonyl (C=O) groups excluding carboxylic acids is 2. The molecule has 2 aromatic carbocycles. The molecule has 3 aromatic rings. The average molecular weight is 513 g/mol. The quantitative estimate of drug-likeness (QED) is 0.518. The zero-order valence-corrected chi connectivity index (χ0v) is 21.5. The summed E-state index contributed by atoms with van der Waals surface area (Å²) in [5, 5.41) is 6.23. The number of nitrogens with one attached hydrogen (secondary N) is 2. The Hall–Kier alpha value is -4.07. The van der Waals surface area contributed by atoms with Gasteiger partial charge in [0, 0.05) is 42.0 Å². The van der Waals surface area contributed by atoms with E-state index in [1.165, 1.54) is 0 Å². The Labute approximate surface area is 222 Å². The lowest BCUT2D eigenvalue weighted by Gasteiger charge is -2.40. The summed E-state index contributed by atoms with van der Waals surface area (Å²) in [6.45, 7) is 3.41. The number of ether oxygens (including phenoxy) is 2. The van der Waals surface area contributed by atoms with Crippen LogP contribution in [0, 0.1) is 6.92 Å². The predicted octanol–water partition coefficient (Wildman–Crippen LogP) is 4.02. The van der Waals surface area contributed by atoms with Crippen molar-refractivity contribution in [3.05, 3.63) is 83.0 Å². The summed E-state index contributed by atoms with van der Waals surface area (Å²) < 4.78 is 11.4. The molecule has 2 N–H and O–H groups in total. The van der Waals surface area contributed by atoms with Gasteiger partial charge in [-0.3, -0.25) is 9.59 Å². The lowest BCUT2D eigenvalue weighted by atomic mass is 9.96. The molecule has 2 fully saturated rings. The molecule has 3 atom stereocenters. The maximum absolute atomic E-state index is 13.2. The first-order chi connectivity index (χ1) is 18.6. The average Bonchev–Trinajstić information content (AvgIpc) is 3.22. The second-order valence-electron chi connectivity index (χ2n) is 10.3. The van der Waals surface area contributed by atoms with Crippen LogP contribution in [-0.2, 0) is 6.54 Å². The van der Waals surface area contributed by atoms with Crippen molar-refractivity contribution in [1.82, 2.24) is 15.6 Å². The van der Waals surface area contributed by atoms with Gasteiger partial charge in [-0.1, -0.05) is 30.3 Å². The van der Waals surface area contributed by atoms with Crippen LogP contribution >= 0.6 is 0 Å². The fraction of sp³-hybridized carbons (Fsp3) is 0.367. The summed E-state index contributed by atoms with van der Waals surface area (Å²) in [6.07, 6.45) is 5.54. The van der Waals surface area contributed by atoms with Gasteiger partial charge in [0.15, 0.2) is 11.5 Å². The van der Waals surface area contributed by atoms with Crippen LogP contribution in [0.5, 0.6) is 11.5 Å². The highest BCUT2D eigenvalue weighted by Gasteiger charge is 2.42. The van der Waals surface area contributed by atoms with E-state index in [-0.39, 0.29) is 17.9 Å². The first-order valence-corrected chi connectivity index (χ1v) is 13.3. The number of amides is 2. The standard InChI is InChI=1S/C30H32N4O4/c1-19-25(10-11-26-28(19)38-14-13-37-26)30(36)33-22-15-23-8-9-24(16-22)34(23)27-12-7-21(18-31-27)29(35)32-17-20-5-3-2-4-6-20/h2-7,10-12,18,22-24H,8-9,13-17H2,1H3,(H,32,35)(H,33,36)/t22-,23+,24-. The molecule has 8 nitrogen and oxygen atoms in total. The maximum atomic E-state index is 13.2. The number of hydrogen-bond donors (Lipinski definition) is 2. The number of nitrogens with zero attached hydrogens (tertiary/aromatic N) is 2. The van der Waals surface area contributed by atoms with Crippen molar-refractivity contribution < 1.29 is 19.1 Å². The topological polar surface area (TPSA) is 92.8 Å². The van der Waals surface area contributed by atoms with Gasteiger partial charge in [-0.15, -0.1) is 0 Å². The van der Waals surface area contributed by atoms with Crippen LogP contribution in [-0.4, -0.2) is 48.1 Å². The van der Waals surface area contributed by atoms with E-state index in [9.17, 15) is 9.59 Å². The molecular formula is C30H32N4O4. The highest BCUT2D eigenvalue weighted by atomic mass is 16.6. The summed E-state index contributed by atoms with van der Waals surface area (Å²) in [7, 11) is 0. The number of aromatic nitrogens is 1. The molecule has 0 saturated carbocycles. The first kappa shape index (κ1) is 24.3. The van der Waals surface area contributed by atoms with E-state index < -0.39 is 0 Å². The van der Waals surface area contributed by atoms with Gasteiger partial charge >= 0.3 is 0 Å². The summed E-state index contributed by atoms with van der Waals surface area (Å²) in [6, 6.07) is 18.0. The van der Waals surface area contributed by atoms with Crippen molar-refractivity contribution in [2.24, 2.45) is 0 Å². The van der Waals surface area contributed by atoms with Crippen LogP contribution in [0.4, 0.5) is 5.82 Å². The number of carbonyl (C=O) groups is 2. The highest BCUT2D eigenvalue weighted by molar-refractivity contribution is 5.97. The van der Waals surface area contributed by atoms with E-state index in [4.69, 9.17) is 9.47 Å². The SMILES string of the molecule is Cc1c(C(=O)N[C@H]2C[C@H]3CC[C@@H](C2)N3c2ccc(C(=O)NCc3ccccc3)cn2)ccc2c1OCCO2. The molecule has 38 heavy (non-hydrogen) atoms. The lowest BCUT2D eigenvalue weighted by Crippen LogP contribution is -2.50. The summed E-state index contributed by atoms with van der Waals surface area (Å²) in [5.74, 6) is 2.06. The Balaban J connectivity index is 1.08. The van der Waals surface area contributed by atoms with Crippen LogP contribution in [0.1, 0.15) is 57.5 Å². The smallest absolute Gasteiger partial charge is 0.253 e.